The van der Waals surface area contributed by atoms with Gasteiger partial charge in [-0.2, -0.15) is 0 Å². The molecule has 5 atom stereocenters. The summed E-state index contributed by atoms with van der Waals surface area (Å²) in [6.07, 6.45) is -4.31. The molecule has 0 saturated carbocycles. The first-order valence-electron chi connectivity index (χ1n) is 8.70. The molecule has 0 saturated heterocycles. The van der Waals surface area contributed by atoms with Crippen LogP contribution in [0.5, 0.6) is 0 Å². The summed E-state index contributed by atoms with van der Waals surface area (Å²) in [4.78, 5) is 22.9. The number of aromatic nitrogens is 1. The van der Waals surface area contributed by atoms with Crippen molar-refractivity contribution in [3.05, 3.63) is 23.3 Å². The molecule has 0 radical (unpaired) electrons. The Labute approximate surface area is 171 Å². The van der Waals surface area contributed by atoms with Gasteiger partial charge in [-0.15, -0.1) is 0 Å². The van der Waals surface area contributed by atoms with E-state index in [-0.39, 0.29) is 16.3 Å². The molecule has 13 nitrogen and oxygen atoms in total. The van der Waals surface area contributed by atoms with Crippen molar-refractivity contribution in [1.82, 2.24) is 15.2 Å². The quantitative estimate of drug-likeness (QED) is 0.245. The van der Waals surface area contributed by atoms with Gasteiger partial charge in [0.1, 0.15) is 28.9 Å². The van der Waals surface area contributed by atoms with E-state index < -0.39 is 64.7 Å². The van der Waals surface area contributed by atoms with Crippen molar-refractivity contribution in [2.75, 3.05) is 6.61 Å². The summed E-state index contributed by atoms with van der Waals surface area (Å²) in [5.74, 6) is -2.96. The van der Waals surface area contributed by atoms with Crippen LogP contribution >= 0.6 is 0 Å². The fourth-order valence-corrected chi connectivity index (χ4v) is 4.60. The largest absolute Gasteiger partial charge is 0.478 e. The zero-order chi connectivity index (χ0) is 22.8. The second-order valence-electron chi connectivity index (χ2n) is 6.69. The fraction of sp³-hybridized carbons (Fsp3) is 0.562. The average Bonchev–Trinajstić information content (AvgIpc) is 2.99. The molecule has 1 aliphatic heterocycles. The van der Waals surface area contributed by atoms with Crippen LogP contribution in [0, 0.1) is 13.8 Å². The molecule has 1 amide bonds. The predicted molar refractivity (Wildman–Crippen MR) is 97.4 cm³/mol. The van der Waals surface area contributed by atoms with Crippen LogP contribution in [0.1, 0.15) is 18.4 Å². The summed E-state index contributed by atoms with van der Waals surface area (Å²) >= 11 is 0. The number of aryl methyl sites for hydroxylation is 2. The molecule has 0 fully saturated rings. The molecule has 14 heteroatoms. The third-order valence-electron chi connectivity index (χ3n) is 4.36. The van der Waals surface area contributed by atoms with Crippen molar-refractivity contribution in [3.8, 4) is 0 Å². The summed E-state index contributed by atoms with van der Waals surface area (Å²) in [5.41, 5.74) is 0.0536. The Morgan fingerprint density at radius 3 is 2.40 bits per heavy atom. The molecule has 1 aromatic heterocycles. The predicted octanol–water partition coefficient (Wildman–Crippen LogP) is -2.48. The van der Waals surface area contributed by atoms with E-state index in [1.165, 1.54) is 13.8 Å². The van der Waals surface area contributed by atoms with Crippen LogP contribution in [0.2, 0.25) is 0 Å². The van der Waals surface area contributed by atoms with Crippen molar-refractivity contribution >= 4 is 21.9 Å². The van der Waals surface area contributed by atoms with Crippen LogP contribution < -0.4 is 10.0 Å². The molecule has 0 spiro atoms. The van der Waals surface area contributed by atoms with E-state index in [1.807, 2.05) is 0 Å². The minimum absolute atomic E-state index is 0.0159. The molecule has 168 valence electrons. The van der Waals surface area contributed by atoms with E-state index in [1.54, 1.807) is 0 Å². The number of carboxylic acid groups (broad SMARTS) is 1. The first-order chi connectivity index (χ1) is 13.9. The molecule has 1 aliphatic rings. The molecule has 1 unspecified atom stereocenters. The Hall–Kier alpha value is -2.52. The maximum atomic E-state index is 12.9. The molecule has 30 heavy (non-hydrogen) atoms. The van der Waals surface area contributed by atoms with Gasteiger partial charge >= 0.3 is 5.97 Å². The smallest absolute Gasteiger partial charge is 0.370 e. The van der Waals surface area contributed by atoms with Crippen LogP contribution in [0.25, 0.3) is 0 Å². The van der Waals surface area contributed by atoms with E-state index in [0.29, 0.717) is 0 Å². The van der Waals surface area contributed by atoms with Gasteiger partial charge in [-0.25, -0.2) is 17.9 Å². The third-order valence-corrected chi connectivity index (χ3v) is 6.06. The normalized spacial score (nSPS) is 23.8. The van der Waals surface area contributed by atoms with Crippen molar-refractivity contribution < 1.29 is 47.7 Å². The van der Waals surface area contributed by atoms with Crippen LogP contribution in [0.15, 0.2) is 21.3 Å². The molecule has 2 rings (SSSR count). The van der Waals surface area contributed by atoms with Gasteiger partial charge in [0.15, 0.2) is 5.76 Å². The number of carbonyl (C=O) groups excluding carboxylic acids is 1. The number of carboxylic acids is 1. The van der Waals surface area contributed by atoms with Crippen LogP contribution in [0.4, 0.5) is 0 Å². The number of carbonyl (C=O) groups is 2. The molecule has 0 bridgehead atoms. The fourth-order valence-electron chi connectivity index (χ4n) is 3.07. The number of nitrogens with one attached hydrogen (secondary N) is 2. The highest BCUT2D eigenvalue weighted by molar-refractivity contribution is 7.89. The van der Waals surface area contributed by atoms with Crippen molar-refractivity contribution in [2.24, 2.45) is 0 Å². The number of hydrogen-bond acceptors (Lipinski definition) is 10. The number of amides is 1. The van der Waals surface area contributed by atoms with E-state index >= 15 is 0 Å². The number of nitrogens with zero attached hydrogens (tertiary/aromatic N) is 1. The Kier molecular flexibility index (Phi) is 7.20. The lowest BCUT2D eigenvalue weighted by atomic mass is 9.92. The highest BCUT2D eigenvalue weighted by Crippen LogP contribution is 2.26. The Bertz CT molecular complexity index is 922. The minimum Gasteiger partial charge on any atom is -0.478 e. The number of hydrogen-bond donors (Lipinski definition) is 6. The van der Waals surface area contributed by atoms with Crippen molar-refractivity contribution in [2.45, 2.75) is 56.1 Å². The van der Waals surface area contributed by atoms with Crippen molar-refractivity contribution in [3.63, 3.8) is 0 Å². The highest BCUT2D eigenvalue weighted by Gasteiger charge is 2.45. The number of aliphatic hydroxyl groups excluding tert-OH is 3. The second kappa shape index (κ2) is 9.09. The Morgan fingerprint density at radius 1 is 1.30 bits per heavy atom. The molecule has 1 aromatic rings. The van der Waals surface area contributed by atoms with Crippen molar-refractivity contribution in [1.29, 1.82) is 0 Å². The van der Waals surface area contributed by atoms with Crippen LogP contribution in [-0.4, -0.2) is 82.9 Å². The topological polar surface area (TPSA) is 209 Å². The number of aliphatic carboxylic acids is 1. The lowest BCUT2D eigenvalue weighted by Gasteiger charge is -2.39. The number of sulfonamides is 1. The molecule has 0 aliphatic carbocycles. The van der Waals surface area contributed by atoms with Crippen LogP contribution in [-0.2, 0) is 24.3 Å². The van der Waals surface area contributed by atoms with Gasteiger partial charge in [0, 0.05) is 6.92 Å². The van der Waals surface area contributed by atoms with E-state index in [0.717, 1.165) is 13.0 Å². The summed E-state index contributed by atoms with van der Waals surface area (Å²) in [7, 11) is -4.31. The molecular formula is C16H23N3O10S. The van der Waals surface area contributed by atoms with Gasteiger partial charge in [0.05, 0.1) is 18.7 Å². The summed E-state index contributed by atoms with van der Waals surface area (Å²) in [5, 5.41) is 44.4. The van der Waals surface area contributed by atoms with Gasteiger partial charge in [0.2, 0.25) is 21.7 Å². The van der Waals surface area contributed by atoms with E-state index in [2.05, 4.69) is 15.2 Å². The van der Waals surface area contributed by atoms with Gasteiger partial charge in [0.25, 0.3) is 0 Å². The lowest BCUT2D eigenvalue weighted by Crippen LogP contribution is -2.63. The SMILES string of the molecule is CC(=O)N[C@H]1[C@H]([C@H](O)C(O)CO)OC(C(=O)O)=C[C@@H]1NS(=O)(=O)c1c(C)noc1C. The Balaban J connectivity index is 2.52. The van der Waals surface area contributed by atoms with Gasteiger partial charge in [-0.05, 0) is 19.9 Å². The first kappa shape index (κ1) is 23.8. The van der Waals surface area contributed by atoms with E-state index in [4.69, 9.17) is 14.4 Å². The summed E-state index contributed by atoms with van der Waals surface area (Å²) in [6.45, 7) is 2.98. The second-order valence-corrected chi connectivity index (χ2v) is 8.34. The molecule has 2 heterocycles. The zero-order valence-electron chi connectivity index (χ0n) is 16.3. The maximum absolute atomic E-state index is 12.9. The number of ether oxygens (including phenoxy) is 1. The Morgan fingerprint density at radius 2 is 1.93 bits per heavy atom. The average molecular weight is 449 g/mol. The van der Waals surface area contributed by atoms with Crippen LogP contribution in [0.3, 0.4) is 0 Å². The third kappa shape index (κ3) is 4.96. The molecule has 6 N–H and O–H groups in total. The molecule has 0 aromatic carbocycles. The highest BCUT2D eigenvalue weighted by atomic mass is 32.2. The minimum atomic E-state index is -4.31. The number of aliphatic hydroxyl groups is 3. The lowest BCUT2D eigenvalue weighted by molar-refractivity contribution is -0.146. The zero-order valence-corrected chi connectivity index (χ0v) is 17.1. The van der Waals surface area contributed by atoms with Gasteiger partial charge in [-0.1, -0.05) is 5.16 Å². The summed E-state index contributed by atoms with van der Waals surface area (Å²) in [6, 6.07) is -2.74. The molecular weight excluding hydrogens is 426 g/mol. The first-order valence-corrected chi connectivity index (χ1v) is 10.2. The monoisotopic (exact) mass is 449 g/mol. The van der Waals surface area contributed by atoms with Gasteiger partial charge in [-0.3, -0.25) is 4.79 Å². The van der Waals surface area contributed by atoms with Gasteiger partial charge < -0.3 is 35.0 Å². The maximum Gasteiger partial charge on any atom is 0.370 e. The summed E-state index contributed by atoms with van der Waals surface area (Å²) < 4.78 is 38.1. The standard InChI is InChI=1S/C16H23N3O10S/c1-6-15(7(2)29-18-6)30(26,27)19-9-4-11(16(24)25)28-14(12(9)17-8(3)21)13(23)10(22)5-20/h4,9-10,12-14,19-20,22-23H,5H2,1-3H3,(H,17,21)(H,24,25)/t9-,10?,12+,13+,14+/m0/s1. The van der Waals surface area contributed by atoms with E-state index in [9.17, 15) is 33.3 Å². The number of rotatable bonds is 8.